The number of hydrogen-bond acceptors (Lipinski definition) is 4. The lowest BCUT2D eigenvalue weighted by molar-refractivity contribution is 0.190. The molecule has 0 saturated heterocycles. The van der Waals surface area contributed by atoms with E-state index in [1.807, 2.05) is 24.8 Å². The van der Waals surface area contributed by atoms with E-state index in [0.717, 1.165) is 23.6 Å². The van der Waals surface area contributed by atoms with Gasteiger partial charge in [0.05, 0.1) is 23.8 Å². The molecule has 7 heteroatoms. The Bertz CT molecular complexity index is 933. The number of H-pyrrole nitrogens is 1. The van der Waals surface area contributed by atoms with Crippen LogP contribution in [-0.2, 0) is 13.0 Å². The minimum Gasteiger partial charge on any atom is -0.348 e. The van der Waals surface area contributed by atoms with Crippen molar-refractivity contribution in [2.24, 2.45) is 0 Å². The van der Waals surface area contributed by atoms with Gasteiger partial charge in [-0.05, 0) is 18.2 Å². The number of nitrogens with one attached hydrogen (secondary N) is 1. The second-order valence-corrected chi connectivity index (χ2v) is 7.09. The summed E-state index contributed by atoms with van der Waals surface area (Å²) in [5.74, 6) is -0.152. The third kappa shape index (κ3) is 3.35. The minimum atomic E-state index is -0.598. The smallest absolute Gasteiger partial charge is 0.131 e. The maximum Gasteiger partial charge on any atom is 0.131 e. The molecule has 0 aliphatic carbocycles. The average Bonchev–Trinajstić information content (AvgIpc) is 3.12. The summed E-state index contributed by atoms with van der Waals surface area (Å²) in [5, 5.41) is 0. The van der Waals surface area contributed by atoms with Crippen LogP contribution in [0.25, 0.3) is 0 Å². The topological polar surface area (TPSA) is 57.7 Å². The zero-order valence-corrected chi connectivity index (χ0v) is 15.3. The normalized spacial score (nSPS) is 17.3. The Kier molecular flexibility index (Phi) is 4.70. The highest BCUT2D eigenvalue weighted by atomic mass is 19.1. The first-order valence-corrected chi connectivity index (χ1v) is 9.06. The summed E-state index contributed by atoms with van der Waals surface area (Å²) in [6.45, 7) is 5.18. The van der Waals surface area contributed by atoms with Gasteiger partial charge in [0, 0.05) is 42.9 Å². The molecule has 0 radical (unpaired) electrons. The summed E-state index contributed by atoms with van der Waals surface area (Å²) in [6, 6.07) is 5.21. The molecule has 140 valence electrons. The molecule has 1 aromatic carbocycles. The van der Waals surface area contributed by atoms with E-state index in [2.05, 4.69) is 19.9 Å². The Morgan fingerprint density at radius 3 is 2.70 bits per heavy atom. The fraction of sp³-hybridized carbons (Fsp3) is 0.350. The highest BCUT2D eigenvalue weighted by molar-refractivity contribution is 5.34. The van der Waals surface area contributed by atoms with E-state index in [1.165, 1.54) is 18.2 Å². The van der Waals surface area contributed by atoms with Crippen molar-refractivity contribution < 1.29 is 8.78 Å². The van der Waals surface area contributed by atoms with Crippen LogP contribution in [0.1, 0.15) is 54.3 Å². The summed E-state index contributed by atoms with van der Waals surface area (Å²) in [6.07, 6.45) is 4.06. The van der Waals surface area contributed by atoms with Crippen molar-refractivity contribution in [2.45, 2.75) is 38.8 Å². The van der Waals surface area contributed by atoms with E-state index in [1.54, 1.807) is 12.5 Å². The third-order valence-electron chi connectivity index (χ3n) is 4.91. The van der Waals surface area contributed by atoms with Gasteiger partial charge < -0.3 is 4.98 Å². The number of hydrogen-bond donors (Lipinski definition) is 1. The van der Waals surface area contributed by atoms with E-state index >= 15 is 0 Å². The van der Waals surface area contributed by atoms with Gasteiger partial charge in [-0.2, -0.15) is 0 Å². The highest BCUT2D eigenvalue weighted by Gasteiger charge is 2.34. The molecule has 1 N–H and O–H groups in total. The van der Waals surface area contributed by atoms with E-state index in [0.29, 0.717) is 18.8 Å². The van der Waals surface area contributed by atoms with Gasteiger partial charge in [-0.15, -0.1) is 0 Å². The SMILES string of the molecule is CC(C)c1nccc(CN2CCc3[nH]cnc3[C@@H]2c2c(F)cccc2F)n1. The highest BCUT2D eigenvalue weighted by Crippen LogP contribution is 2.36. The molecule has 3 aromatic rings. The molecule has 4 rings (SSSR count). The van der Waals surface area contributed by atoms with Crippen LogP contribution in [-0.4, -0.2) is 31.4 Å². The summed E-state index contributed by atoms with van der Waals surface area (Å²) in [5.41, 5.74) is 2.45. The number of fused-ring (bicyclic) bond motifs is 1. The summed E-state index contributed by atoms with van der Waals surface area (Å²) in [7, 11) is 0. The summed E-state index contributed by atoms with van der Waals surface area (Å²) in [4.78, 5) is 18.4. The fourth-order valence-corrected chi connectivity index (χ4v) is 3.57. The Morgan fingerprint density at radius 2 is 1.96 bits per heavy atom. The minimum absolute atomic E-state index is 0.0312. The van der Waals surface area contributed by atoms with Crippen molar-refractivity contribution >= 4 is 0 Å². The van der Waals surface area contributed by atoms with Crippen LogP contribution >= 0.6 is 0 Å². The largest absolute Gasteiger partial charge is 0.348 e. The first-order chi connectivity index (χ1) is 13.0. The number of halogens is 2. The Balaban J connectivity index is 1.74. The maximum atomic E-state index is 14.6. The lowest BCUT2D eigenvalue weighted by Crippen LogP contribution is -2.37. The number of rotatable bonds is 4. The van der Waals surface area contributed by atoms with E-state index in [4.69, 9.17) is 0 Å². The first-order valence-electron chi connectivity index (χ1n) is 9.06. The molecule has 1 atom stereocenters. The molecule has 27 heavy (non-hydrogen) atoms. The van der Waals surface area contributed by atoms with Crippen molar-refractivity contribution in [2.75, 3.05) is 6.54 Å². The summed E-state index contributed by atoms with van der Waals surface area (Å²) < 4.78 is 29.2. The lowest BCUT2D eigenvalue weighted by Gasteiger charge is -2.35. The van der Waals surface area contributed by atoms with Crippen LogP contribution in [0, 0.1) is 11.6 Å². The number of nitrogens with zero attached hydrogens (tertiary/aromatic N) is 4. The number of aromatic nitrogens is 4. The van der Waals surface area contributed by atoms with Crippen LogP contribution in [0.3, 0.4) is 0 Å². The molecule has 1 aliphatic heterocycles. The maximum absolute atomic E-state index is 14.6. The quantitative estimate of drug-likeness (QED) is 0.761. The molecule has 0 saturated carbocycles. The van der Waals surface area contributed by atoms with Gasteiger partial charge in [0.1, 0.15) is 17.5 Å². The molecule has 3 heterocycles. The lowest BCUT2D eigenvalue weighted by atomic mass is 9.94. The van der Waals surface area contributed by atoms with Crippen LogP contribution < -0.4 is 0 Å². The molecule has 0 fully saturated rings. The third-order valence-corrected chi connectivity index (χ3v) is 4.91. The van der Waals surface area contributed by atoms with E-state index < -0.39 is 17.7 Å². The Hall–Kier alpha value is -2.67. The van der Waals surface area contributed by atoms with Crippen molar-refractivity contribution in [3.05, 3.63) is 76.9 Å². The number of aromatic amines is 1. The second kappa shape index (κ2) is 7.15. The van der Waals surface area contributed by atoms with Crippen molar-refractivity contribution in [1.29, 1.82) is 0 Å². The van der Waals surface area contributed by atoms with Crippen LogP contribution in [0.15, 0.2) is 36.8 Å². The van der Waals surface area contributed by atoms with Crippen LogP contribution in [0.2, 0.25) is 0 Å². The second-order valence-electron chi connectivity index (χ2n) is 7.09. The molecule has 0 bridgehead atoms. The molecular weight excluding hydrogens is 348 g/mol. The summed E-state index contributed by atoms with van der Waals surface area (Å²) >= 11 is 0. The average molecular weight is 369 g/mol. The van der Waals surface area contributed by atoms with Crippen LogP contribution in [0.5, 0.6) is 0 Å². The molecule has 0 amide bonds. The van der Waals surface area contributed by atoms with Gasteiger partial charge in [-0.1, -0.05) is 19.9 Å². The fourth-order valence-electron chi connectivity index (χ4n) is 3.57. The molecule has 0 unspecified atom stereocenters. The molecule has 2 aromatic heterocycles. The van der Waals surface area contributed by atoms with Gasteiger partial charge in [0.25, 0.3) is 0 Å². The van der Waals surface area contributed by atoms with Crippen molar-refractivity contribution in [1.82, 2.24) is 24.8 Å². The first kappa shape index (κ1) is 17.7. The van der Waals surface area contributed by atoms with Crippen LogP contribution in [0.4, 0.5) is 8.78 Å². The Morgan fingerprint density at radius 1 is 1.19 bits per heavy atom. The van der Waals surface area contributed by atoms with Crippen molar-refractivity contribution in [3.63, 3.8) is 0 Å². The van der Waals surface area contributed by atoms with Gasteiger partial charge in [0.2, 0.25) is 0 Å². The molecular formula is C20H21F2N5. The Labute approximate surface area is 156 Å². The van der Waals surface area contributed by atoms with Gasteiger partial charge >= 0.3 is 0 Å². The molecule has 1 aliphatic rings. The van der Waals surface area contributed by atoms with E-state index in [-0.39, 0.29) is 11.5 Å². The predicted molar refractivity (Wildman–Crippen MR) is 97.0 cm³/mol. The zero-order valence-electron chi connectivity index (χ0n) is 15.3. The number of benzene rings is 1. The van der Waals surface area contributed by atoms with E-state index in [9.17, 15) is 8.78 Å². The molecule has 5 nitrogen and oxygen atoms in total. The van der Waals surface area contributed by atoms with Gasteiger partial charge in [0.15, 0.2) is 0 Å². The zero-order chi connectivity index (χ0) is 19.0. The molecule has 0 spiro atoms. The van der Waals surface area contributed by atoms with Gasteiger partial charge in [-0.25, -0.2) is 23.7 Å². The van der Waals surface area contributed by atoms with Gasteiger partial charge in [-0.3, -0.25) is 4.90 Å². The number of imidazole rings is 1. The predicted octanol–water partition coefficient (Wildman–Crippen LogP) is 3.75. The van der Waals surface area contributed by atoms with Crippen molar-refractivity contribution in [3.8, 4) is 0 Å². The standard InChI is InChI=1S/C20H21F2N5/c1-12(2)20-23-8-6-13(26-20)10-27-9-7-16-18(25-11-24-16)19(27)17-14(21)4-3-5-15(17)22/h3-6,8,11-12,19H,7,9-10H2,1-2H3,(H,24,25)/t19-/m0/s1. The monoisotopic (exact) mass is 369 g/mol.